The Balaban J connectivity index is 3.07. The van der Waals surface area contributed by atoms with Crippen molar-refractivity contribution in [3.8, 4) is 0 Å². The van der Waals surface area contributed by atoms with Crippen molar-refractivity contribution in [3.63, 3.8) is 0 Å². The first-order valence-electron chi connectivity index (χ1n) is 3.86. The van der Waals surface area contributed by atoms with E-state index in [9.17, 15) is 0 Å². The van der Waals surface area contributed by atoms with Gasteiger partial charge in [0.25, 0.3) is 0 Å². The van der Waals surface area contributed by atoms with Gasteiger partial charge in [-0.2, -0.15) is 0 Å². The number of allylic oxidation sites excluding steroid dienone is 1. The van der Waals surface area contributed by atoms with Gasteiger partial charge in [-0.1, -0.05) is 12.7 Å². The molecule has 64 valence electrons. The van der Waals surface area contributed by atoms with Gasteiger partial charge >= 0.3 is 0 Å². The van der Waals surface area contributed by atoms with Crippen LogP contribution in [-0.2, 0) is 6.54 Å². The molecular formula is C9H13N3. The number of hydrogen-bond acceptors (Lipinski definition) is 2. The molecule has 1 aromatic rings. The van der Waals surface area contributed by atoms with Crippen LogP contribution in [0.1, 0.15) is 24.1 Å². The minimum Gasteiger partial charge on any atom is -0.341 e. The summed E-state index contributed by atoms with van der Waals surface area (Å²) in [5, 5.41) is 0. The smallest absolute Gasteiger partial charge is 0.121 e. The minimum atomic E-state index is 0.429. The Labute approximate surface area is 72.0 Å². The maximum absolute atomic E-state index is 5.43. The van der Waals surface area contributed by atoms with Gasteiger partial charge in [0.1, 0.15) is 5.82 Å². The average Bonchev–Trinajstić information content (AvgIpc) is 2.48. The van der Waals surface area contributed by atoms with E-state index in [-0.39, 0.29) is 0 Å². The van der Waals surface area contributed by atoms with Crippen LogP contribution in [0.25, 0.3) is 12.2 Å². The number of aromatic nitrogens is 2. The number of hydrogen-bond donors (Lipinski definition) is 2. The summed E-state index contributed by atoms with van der Waals surface area (Å²) in [6.07, 6.45) is 5.61. The number of imidazole rings is 1. The molecule has 3 N–H and O–H groups in total. The first-order valence-corrected chi connectivity index (χ1v) is 3.86. The van der Waals surface area contributed by atoms with Crippen molar-refractivity contribution in [2.45, 2.75) is 13.5 Å². The number of H-pyrrole nitrogens is 1. The van der Waals surface area contributed by atoms with Crippen molar-refractivity contribution in [1.82, 2.24) is 9.97 Å². The number of aromatic amines is 1. The van der Waals surface area contributed by atoms with Crippen LogP contribution in [0.5, 0.6) is 0 Å². The predicted molar refractivity (Wildman–Crippen MR) is 51.3 cm³/mol. The Morgan fingerprint density at radius 2 is 2.42 bits per heavy atom. The van der Waals surface area contributed by atoms with Gasteiger partial charge in [0, 0.05) is 0 Å². The normalized spacial score (nSPS) is 10.8. The molecule has 12 heavy (non-hydrogen) atoms. The quantitative estimate of drug-likeness (QED) is 0.710. The molecule has 0 saturated carbocycles. The SMILES string of the molecule is C=Cc1nc(CN)[nH]c1/C=C\C. The molecule has 0 fully saturated rings. The number of nitrogens with one attached hydrogen (secondary N) is 1. The maximum atomic E-state index is 5.43. The van der Waals surface area contributed by atoms with Crippen molar-refractivity contribution < 1.29 is 0 Å². The lowest BCUT2D eigenvalue weighted by Gasteiger charge is -1.86. The Hall–Kier alpha value is -1.35. The van der Waals surface area contributed by atoms with Crippen LogP contribution in [0.3, 0.4) is 0 Å². The lowest BCUT2D eigenvalue weighted by Crippen LogP contribution is -1.97. The molecule has 3 heteroatoms. The molecule has 0 aliphatic rings. The Morgan fingerprint density at radius 1 is 1.67 bits per heavy atom. The molecule has 3 nitrogen and oxygen atoms in total. The highest BCUT2D eigenvalue weighted by Crippen LogP contribution is 2.08. The molecule has 0 unspecified atom stereocenters. The third-order valence-electron chi connectivity index (χ3n) is 1.53. The Kier molecular flexibility index (Phi) is 2.82. The fraction of sp³-hybridized carbons (Fsp3) is 0.222. The second-order valence-corrected chi connectivity index (χ2v) is 2.39. The topological polar surface area (TPSA) is 54.7 Å². The van der Waals surface area contributed by atoms with E-state index in [0.29, 0.717) is 6.54 Å². The highest BCUT2D eigenvalue weighted by molar-refractivity contribution is 5.58. The number of nitrogens with zero attached hydrogens (tertiary/aromatic N) is 1. The third kappa shape index (κ3) is 1.62. The first kappa shape index (κ1) is 8.74. The number of rotatable bonds is 3. The van der Waals surface area contributed by atoms with Crippen molar-refractivity contribution >= 4 is 12.2 Å². The van der Waals surface area contributed by atoms with Crippen LogP contribution in [-0.4, -0.2) is 9.97 Å². The highest BCUT2D eigenvalue weighted by atomic mass is 14.9. The molecular weight excluding hydrogens is 150 g/mol. The van der Waals surface area contributed by atoms with Crippen LogP contribution >= 0.6 is 0 Å². The van der Waals surface area contributed by atoms with E-state index in [1.807, 2.05) is 19.1 Å². The minimum absolute atomic E-state index is 0.429. The van der Waals surface area contributed by atoms with Crippen LogP contribution in [0.15, 0.2) is 12.7 Å². The zero-order valence-electron chi connectivity index (χ0n) is 7.17. The molecule has 0 saturated heterocycles. The van der Waals surface area contributed by atoms with E-state index in [1.54, 1.807) is 6.08 Å². The van der Waals surface area contributed by atoms with Gasteiger partial charge in [-0.15, -0.1) is 0 Å². The molecule has 0 bridgehead atoms. The third-order valence-corrected chi connectivity index (χ3v) is 1.53. The predicted octanol–water partition coefficient (Wildman–Crippen LogP) is 1.54. The maximum Gasteiger partial charge on any atom is 0.121 e. The van der Waals surface area contributed by atoms with Crippen LogP contribution in [0.4, 0.5) is 0 Å². The molecule has 0 aromatic carbocycles. The van der Waals surface area contributed by atoms with Gasteiger partial charge in [-0.05, 0) is 19.1 Å². The van der Waals surface area contributed by atoms with E-state index in [2.05, 4.69) is 16.5 Å². The van der Waals surface area contributed by atoms with Gasteiger partial charge in [-0.25, -0.2) is 4.98 Å². The van der Waals surface area contributed by atoms with Gasteiger partial charge in [0.15, 0.2) is 0 Å². The van der Waals surface area contributed by atoms with Crippen molar-refractivity contribution in [3.05, 3.63) is 29.9 Å². The molecule has 1 aromatic heterocycles. The van der Waals surface area contributed by atoms with E-state index < -0.39 is 0 Å². The molecule has 0 aliphatic heterocycles. The summed E-state index contributed by atoms with van der Waals surface area (Å²) in [5.74, 6) is 0.790. The standard InChI is InChI=1S/C9H13N3/c1-3-5-8-7(4-2)11-9(6-10)12-8/h3-5H,2,6,10H2,1H3,(H,11,12)/b5-3-. The Morgan fingerprint density at radius 3 is 2.92 bits per heavy atom. The zero-order valence-corrected chi connectivity index (χ0v) is 7.17. The largest absolute Gasteiger partial charge is 0.341 e. The molecule has 0 atom stereocenters. The van der Waals surface area contributed by atoms with E-state index >= 15 is 0 Å². The summed E-state index contributed by atoms with van der Waals surface area (Å²) in [7, 11) is 0. The van der Waals surface area contributed by atoms with Crippen molar-refractivity contribution in [2.24, 2.45) is 5.73 Å². The van der Waals surface area contributed by atoms with Gasteiger partial charge in [-0.3, -0.25) is 0 Å². The van der Waals surface area contributed by atoms with Crippen LogP contribution in [0.2, 0.25) is 0 Å². The van der Waals surface area contributed by atoms with Gasteiger partial charge < -0.3 is 10.7 Å². The number of nitrogens with two attached hydrogens (primary N) is 1. The Bertz CT molecular complexity index is 297. The van der Waals surface area contributed by atoms with E-state index in [0.717, 1.165) is 17.2 Å². The fourth-order valence-corrected chi connectivity index (χ4v) is 0.999. The van der Waals surface area contributed by atoms with E-state index in [4.69, 9.17) is 5.73 Å². The zero-order chi connectivity index (χ0) is 8.97. The van der Waals surface area contributed by atoms with Crippen LogP contribution < -0.4 is 5.73 Å². The summed E-state index contributed by atoms with van der Waals surface area (Å²) >= 11 is 0. The second kappa shape index (κ2) is 3.88. The lowest BCUT2D eigenvalue weighted by molar-refractivity contribution is 0.947. The van der Waals surface area contributed by atoms with Crippen LogP contribution in [0, 0.1) is 0 Å². The summed E-state index contributed by atoms with van der Waals surface area (Å²) in [4.78, 5) is 7.31. The average molecular weight is 163 g/mol. The molecule has 0 amide bonds. The first-order chi connectivity index (χ1) is 5.81. The van der Waals surface area contributed by atoms with E-state index in [1.165, 1.54) is 0 Å². The molecule has 0 radical (unpaired) electrons. The van der Waals surface area contributed by atoms with Crippen molar-refractivity contribution in [1.29, 1.82) is 0 Å². The second-order valence-electron chi connectivity index (χ2n) is 2.39. The highest BCUT2D eigenvalue weighted by Gasteiger charge is 2.01. The summed E-state index contributed by atoms with van der Waals surface area (Å²) in [6.45, 7) is 6.05. The summed E-state index contributed by atoms with van der Waals surface area (Å²) in [6, 6.07) is 0. The lowest BCUT2D eigenvalue weighted by atomic mass is 10.3. The molecule has 1 heterocycles. The summed E-state index contributed by atoms with van der Waals surface area (Å²) < 4.78 is 0. The van der Waals surface area contributed by atoms with Gasteiger partial charge in [0.2, 0.25) is 0 Å². The fourth-order valence-electron chi connectivity index (χ4n) is 0.999. The molecule has 0 aliphatic carbocycles. The summed E-state index contributed by atoms with van der Waals surface area (Å²) in [5.41, 5.74) is 7.25. The molecule has 0 spiro atoms. The van der Waals surface area contributed by atoms with Gasteiger partial charge in [0.05, 0.1) is 17.9 Å². The monoisotopic (exact) mass is 163 g/mol. The van der Waals surface area contributed by atoms with Crippen molar-refractivity contribution in [2.75, 3.05) is 0 Å². The molecule has 1 rings (SSSR count).